The van der Waals surface area contributed by atoms with E-state index in [1.807, 2.05) is 11.4 Å². The maximum atomic E-state index is 10.8. The number of hydrogen-bond donors (Lipinski definition) is 2. The zero-order valence-electron chi connectivity index (χ0n) is 8.92. The van der Waals surface area contributed by atoms with E-state index in [9.17, 15) is 10.1 Å². The Hall–Kier alpha value is -2.08. The molecule has 1 aromatic heterocycles. The van der Waals surface area contributed by atoms with Crippen molar-refractivity contribution in [2.45, 2.75) is 6.54 Å². The minimum Gasteiger partial charge on any atom is -0.398 e. The maximum absolute atomic E-state index is 10.8. The molecular formula is C11H11N3O2S. The van der Waals surface area contributed by atoms with E-state index in [4.69, 9.17) is 5.73 Å². The molecule has 1 aromatic carbocycles. The molecule has 0 saturated heterocycles. The summed E-state index contributed by atoms with van der Waals surface area (Å²) in [6.45, 7) is 0.494. The Labute approximate surface area is 102 Å². The summed E-state index contributed by atoms with van der Waals surface area (Å²) in [7, 11) is 0. The average Bonchev–Trinajstić information content (AvgIpc) is 2.72. The zero-order valence-corrected chi connectivity index (χ0v) is 9.74. The summed E-state index contributed by atoms with van der Waals surface area (Å²) < 4.78 is 0. The third-order valence-electron chi connectivity index (χ3n) is 2.32. The van der Waals surface area contributed by atoms with Crippen LogP contribution >= 0.6 is 11.3 Å². The summed E-state index contributed by atoms with van der Waals surface area (Å²) in [5.41, 5.74) is 7.03. The highest BCUT2D eigenvalue weighted by Gasteiger charge is 2.12. The molecule has 17 heavy (non-hydrogen) atoms. The van der Waals surface area contributed by atoms with Gasteiger partial charge >= 0.3 is 0 Å². The van der Waals surface area contributed by atoms with Crippen LogP contribution in [0.2, 0.25) is 0 Å². The second-order valence-corrected chi connectivity index (χ2v) is 4.43. The predicted molar refractivity (Wildman–Crippen MR) is 69.2 cm³/mol. The average molecular weight is 249 g/mol. The Morgan fingerprint density at radius 2 is 2.12 bits per heavy atom. The predicted octanol–water partition coefficient (Wildman–Crippen LogP) is 2.85. The number of nitrogens with two attached hydrogens (primary N) is 1. The molecule has 0 amide bonds. The topological polar surface area (TPSA) is 81.2 Å². The molecule has 0 bridgehead atoms. The first-order valence-corrected chi connectivity index (χ1v) is 5.85. The quantitative estimate of drug-likeness (QED) is 0.644. The van der Waals surface area contributed by atoms with E-state index in [0.717, 1.165) is 4.88 Å². The molecule has 0 spiro atoms. The normalized spacial score (nSPS) is 10.1. The molecule has 0 aliphatic heterocycles. The van der Waals surface area contributed by atoms with Crippen LogP contribution in [0.3, 0.4) is 0 Å². The molecule has 3 N–H and O–H groups in total. The Bertz CT molecular complexity index is 539. The van der Waals surface area contributed by atoms with Gasteiger partial charge in [-0.1, -0.05) is 12.1 Å². The van der Waals surface area contributed by atoms with Crippen LogP contribution in [-0.2, 0) is 6.54 Å². The van der Waals surface area contributed by atoms with Gasteiger partial charge in [-0.25, -0.2) is 0 Å². The van der Waals surface area contributed by atoms with Crippen LogP contribution in [0.5, 0.6) is 0 Å². The second kappa shape index (κ2) is 4.84. The van der Waals surface area contributed by atoms with Gasteiger partial charge in [-0.3, -0.25) is 10.1 Å². The van der Waals surface area contributed by atoms with Gasteiger partial charge in [0.15, 0.2) is 0 Å². The smallest absolute Gasteiger partial charge is 0.292 e. The zero-order chi connectivity index (χ0) is 12.3. The monoisotopic (exact) mass is 249 g/mol. The standard InChI is InChI=1S/C11H11N3O2S/c12-8-5-6-17-11(8)7-13-9-3-1-2-4-10(9)14(15)16/h1-6,13H,7,12H2. The van der Waals surface area contributed by atoms with Gasteiger partial charge in [0.2, 0.25) is 0 Å². The number of nitro benzene ring substituents is 1. The minimum atomic E-state index is -0.403. The second-order valence-electron chi connectivity index (χ2n) is 3.43. The van der Waals surface area contributed by atoms with E-state index in [-0.39, 0.29) is 5.69 Å². The van der Waals surface area contributed by atoms with Crippen molar-refractivity contribution in [3.05, 3.63) is 50.7 Å². The third kappa shape index (κ3) is 2.54. The van der Waals surface area contributed by atoms with Gasteiger partial charge in [-0.05, 0) is 17.5 Å². The Morgan fingerprint density at radius 1 is 1.35 bits per heavy atom. The van der Waals surface area contributed by atoms with Crippen molar-refractivity contribution in [3.63, 3.8) is 0 Å². The van der Waals surface area contributed by atoms with Crippen LogP contribution in [-0.4, -0.2) is 4.92 Å². The van der Waals surface area contributed by atoms with Gasteiger partial charge in [0.05, 0.1) is 11.5 Å². The molecule has 0 fully saturated rings. The van der Waals surface area contributed by atoms with Gasteiger partial charge < -0.3 is 11.1 Å². The molecule has 0 saturated carbocycles. The number of nitrogens with zero attached hydrogens (tertiary/aromatic N) is 1. The molecule has 2 rings (SSSR count). The first-order chi connectivity index (χ1) is 8.18. The fourth-order valence-corrected chi connectivity index (χ4v) is 2.19. The fourth-order valence-electron chi connectivity index (χ4n) is 1.45. The van der Waals surface area contributed by atoms with Gasteiger partial charge in [0.25, 0.3) is 5.69 Å². The van der Waals surface area contributed by atoms with Crippen LogP contribution in [0, 0.1) is 10.1 Å². The van der Waals surface area contributed by atoms with Crippen molar-refractivity contribution in [3.8, 4) is 0 Å². The number of benzene rings is 1. The SMILES string of the molecule is Nc1ccsc1CNc1ccccc1[N+](=O)[O-]. The number of nitro groups is 1. The Kier molecular flexibility index (Phi) is 3.24. The van der Waals surface area contributed by atoms with Crippen molar-refractivity contribution in [1.29, 1.82) is 0 Å². The third-order valence-corrected chi connectivity index (χ3v) is 3.26. The molecule has 6 heteroatoms. The first-order valence-electron chi connectivity index (χ1n) is 4.97. The molecular weight excluding hydrogens is 238 g/mol. The molecule has 1 heterocycles. The molecule has 0 radical (unpaired) electrons. The summed E-state index contributed by atoms with van der Waals surface area (Å²) in [4.78, 5) is 11.4. The highest BCUT2D eigenvalue weighted by Crippen LogP contribution is 2.25. The van der Waals surface area contributed by atoms with Crippen molar-refractivity contribution < 1.29 is 4.92 Å². The molecule has 0 aliphatic rings. The van der Waals surface area contributed by atoms with Crippen molar-refractivity contribution >= 4 is 28.4 Å². The molecule has 88 valence electrons. The summed E-state index contributed by atoms with van der Waals surface area (Å²) >= 11 is 1.53. The molecule has 0 aliphatic carbocycles. The maximum Gasteiger partial charge on any atom is 0.292 e. The number of anilines is 2. The fraction of sp³-hybridized carbons (Fsp3) is 0.0909. The lowest BCUT2D eigenvalue weighted by molar-refractivity contribution is -0.384. The molecule has 2 aromatic rings. The van der Waals surface area contributed by atoms with Crippen LogP contribution in [0.15, 0.2) is 35.7 Å². The Balaban J connectivity index is 2.14. The highest BCUT2D eigenvalue weighted by atomic mass is 32.1. The highest BCUT2D eigenvalue weighted by molar-refractivity contribution is 7.10. The minimum absolute atomic E-state index is 0.0719. The lowest BCUT2D eigenvalue weighted by Crippen LogP contribution is -2.02. The van der Waals surface area contributed by atoms with Crippen LogP contribution in [0.4, 0.5) is 17.1 Å². The van der Waals surface area contributed by atoms with E-state index < -0.39 is 4.92 Å². The first kappa shape index (κ1) is 11.4. The lowest BCUT2D eigenvalue weighted by Gasteiger charge is -2.06. The number of hydrogen-bond acceptors (Lipinski definition) is 5. The van der Waals surface area contributed by atoms with Crippen LogP contribution < -0.4 is 11.1 Å². The number of nitrogen functional groups attached to an aromatic ring is 1. The number of para-hydroxylation sites is 2. The lowest BCUT2D eigenvalue weighted by atomic mass is 10.2. The van der Waals surface area contributed by atoms with Gasteiger partial charge in [0, 0.05) is 16.6 Å². The van der Waals surface area contributed by atoms with Gasteiger partial charge in [-0.15, -0.1) is 11.3 Å². The number of nitrogens with one attached hydrogen (secondary N) is 1. The number of thiophene rings is 1. The van der Waals surface area contributed by atoms with Gasteiger partial charge in [0.1, 0.15) is 5.69 Å². The number of rotatable bonds is 4. The Morgan fingerprint density at radius 3 is 2.76 bits per heavy atom. The summed E-state index contributed by atoms with van der Waals surface area (Å²) in [6.07, 6.45) is 0. The van der Waals surface area contributed by atoms with E-state index in [0.29, 0.717) is 17.9 Å². The van der Waals surface area contributed by atoms with Crippen LogP contribution in [0.1, 0.15) is 4.88 Å². The van der Waals surface area contributed by atoms with Gasteiger partial charge in [-0.2, -0.15) is 0 Å². The van der Waals surface area contributed by atoms with E-state index in [2.05, 4.69) is 5.32 Å². The summed E-state index contributed by atoms with van der Waals surface area (Å²) in [5.74, 6) is 0. The summed E-state index contributed by atoms with van der Waals surface area (Å²) in [5, 5.41) is 15.7. The van der Waals surface area contributed by atoms with E-state index in [1.54, 1.807) is 18.2 Å². The van der Waals surface area contributed by atoms with Crippen LogP contribution in [0.25, 0.3) is 0 Å². The van der Waals surface area contributed by atoms with Crippen molar-refractivity contribution in [1.82, 2.24) is 0 Å². The summed E-state index contributed by atoms with van der Waals surface area (Å²) in [6, 6.07) is 8.37. The molecule has 5 nitrogen and oxygen atoms in total. The molecule has 0 atom stereocenters. The molecule has 0 unspecified atom stereocenters. The van der Waals surface area contributed by atoms with E-state index >= 15 is 0 Å². The largest absolute Gasteiger partial charge is 0.398 e. The van der Waals surface area contributed by atoms with Crippen molar-refractivity contribution in [2.24, 2.45) is 0 Å². The van der Waals surface area contributed by atoms with E-state index in [1.165, 1.54) is 17.4 Å². The van der Waals surface area contributed by atoms with Crippen molar-refractivity contribution in [2.75, 3.05) is 11.1 Å².